The molecule has 194 valence electrons. The third-order valence-electron chi connectivity index (χ3n) is 6.54. The van der Waals surface area contributed by atoms with Gasteiger partial charge in [-0.1, -0.05) is 26.8 Å². The fraction of sp³-hybridized carbons (Fsp3) is 0.654. The highest BCUT2D eigenvalue weighted by Gasteiger charge is 2.54. The molecule has 2 fully saturated rings. The minimum atomic E-state index is -0.928. The lowest BCUT2D eigenvalue weighted by Gasteiger charge is -2.45. The second-order valence-electron chi connectivity index (χ2n) is 10.9. The molecule has 0 aliphatic carbocycles. The molecule has 1 atom stereocenters. The maximum atomic E-state index is 13.8. The Kier molecular flexibility index (Phi) is 8.43. The Morgan fingerprint density at radius 2 is 1.89 bits per heavy atom. The van der Waals surface area contributed by atoms with Gasteiger partial charge in [-0.05, 0) is 37.7 Å². The van der Waals surface area contributed by atoms with Crippen LogP contribution in [0.25, 0.3) is 0 Å². The normalized spacial score (nSPS) is 19.8. The third kappa shape index (κ3) is 6.52. The van der Waals surface area contributed by atoms with Gasteiger partial charge in [-0.25, -0.2) is 0 Å². The fourth-order valence-corrected chi connectivity index (χ4v) is 4.65. The third-order valence-corrected chi connectivity index (χ3v) is 6.54. The number of ether oxygens (including phenoxy) is 2. The molecule has 0 bridgehead atoms. The van der Waals surface area contributed by atoms with E-state index in [-0.39, 0.29) is 29.7 Å². The van der Waals surface area contributed by atoms with Crippen LogP contribution in [0.4, 0.5) is 0 Å². The molecular weight excluding hydrogens is 448 g/mol. The van der Waals surface area contributed by atoms with E-state index in [1.807, 2.05) is 44.7 Å². The first-order chi connectivity index (χ1) is 16.5. The number of nitrogens with one attached hydrogen (secondary N) is 1. The van der Waals surface area contributed by atoms with E-state index in [4.69, 9.17) is 9.47 Å². The molecule has 2 aliphatic heterocycles. The highest BCUT2D eigenvalue weighted by molar-refractivity contribution is 5.98. The van der Waals surface area contributed by atoms with Gasteiger partial charge in [0, 0.05) is 51.0 Å². The van der Waals surface area contributed by atoms with E-state index in [0.717, 1.165) is 0 Å². The largest absolute Gasteiger partial charge is 0.497 e. The van der Waals surface area contributed by atoms with Crippen LogP contribution in [0, 0.1) is 5.41 Å². The second kappa shape index (κ2) is 11.0. The molecule has 2 heterocycles. The molecule has 2 aliphatic rings. The smallest absolute Gasteiger partial charge is 0.257 e. The Bertz CT molecular complexity index is 919. The highest BCUT2D eigenvalue weighted by Crippen LogP contribution is 2.39. The quantitative estimate of drug-likeness (QED) is 0.631. The summed E-state index contributed by atoms with van der Waals surface area (Å²) in [5.41, 5.74) is -0.589. The van der Waals surface area contributed by atoms with Crippen LogP contribution >= 0.6 is 0 Å². The van der Waals surface area contributed by atoms with Gasteiger partial charge in [0.25, 0.3) is 5.91 Å². The van der Waals surface area contributed by atoms with Gasteiger partial charge in [0.15, 0.2) is 0 Å². The molecule has 1 N–H and O–H groups in total. The highest BCUT2D eigenvalue weighted by atomic mass is 16.5. The van der Waals surface area contributed by atoms with Crippen molar-refractivity contribution in [2.45, 2.75) is 51.8 Å². The molecule has 35 heavy (non-hydrogen) atoms. The summed E-state index contributed by atoms with van der Waals surface area (Å²) in [6, 6.07) is 6.19. The van der Waals surface area contributed by atoms with Crippen molar-refractivity contribution in [1.82, 2.24) is 20.0 Å². The maximum Gasteiger partial charge on any atom is 0.257 e. The molecule has 9 nitrogen and oxygen atoms in total. The molecule has 2 saturated heterocycles. The summed E-state index contributed by atoms with van der Waals surface area (Å²) in [6.07, 6.45) is 1.38. The number of likely N-dealkylation sites (N-methyl/N-ethyl adjacent to an activating group) is 1. The van der Waals surface area contributed by atoms with Crippen LogP contribution in [0.3, 0.4) is 0 Å². The predicted octanol–water partition coefficient (Wildman–Crippen LogP) is 1.97. The number of rotatable bonds is 7. The fourth-order valence-electron chi connectivity index (χ4n) is 4.65. The van der Waals surface area contributed by atoms with Crippen molar-refractivity contribution in [1.29, 1.82) is 0 Å². The van der Waals surface area contributed by atoms with E-state index in [0.29, 0.717) is 56.8 Å². The number of benzene rings is 1. The van der Waals surface area contributed by atoms with E-state index in [9.17, 15) is 14.4 Å². The zero-order valence-electron chi connectivity index (χ0n) is 21.9. The summed E-state index contributed by atoms with van der Waals surface area (Å²) in [5.74, 6) is 0.170. The van der Waals surface area contributed by atoms with E-state index in [1.165, 1.54) is 0 Å². The van der Waals surface area contributed by atoms with Crippen molar-refractivity contribution >= 4 is 17.7 Å². The second-order valence-corrected chi connectivity index (χ2v) is 10.9. The van der Waals surface area contributed by atoms with Crippen LogP contribution < -0.4 is 10.1 Å². The van der Waals surface area contributed by atoms with Crippen LogP contribution in [0.2, 0.25) is 0 Å². The summed E-state index contributed by atoms with van der Waals surface area (Å²) < 4.78 is 11.6. The van der Waals surface area contributed by atoms with Gasteiger partial charge < -0.3 is 24.6 Å². The van der Waals surface area contributed by atoms with E-state index < -0.39 is 11.8 Å². The lowest BCUT2D eigenvalue weighted by molar-refractivity contribution is -0.145. The zero-order chi connectivity index (χ0) is 25.8. The van der Waals surface area contributed by atoms with E-state index >= 15 is 0 Å². The Labute approximate surface area is 208 Å². The summed E-state index contributed by atoms with van der Waals surface area (Å²) in [4.78, 5) is 45.2. The maximum absolute atomic E-state index is 13.8. The number of carbonyl (C=O) groups is 3. The van der Waals surface area contributed by atoms with E-state index in [2.05, 4.69) is 5.32 Å². The summed E-state index contributed by atoms with van der Waals surface area (Å²) in [6.45, 7) is 8.39. The molecule has 9 heteroatoms. The molecule has 3 amide bonds. The van der Waals surface area contributed by atoms with Crippen molar-refractivity contribution in [2.75, 3.05) is 54.0 Å². The number of hydrogen-bond donors (Lipinski definition) is 1. The minimum absolute atomic E-state index is 0.0970. The lowest BCUT2D eigenvalue weighted by atomic mass is 9.90. The Morgan fingerprint density at radius 1 is 1.20 bits per heavy atom. The van der Waals surface area contributed by atoms with Gasteiger partial charge in [0.2, 0.25) is 11.8 Å². The van der Waals surface area contributed by atoms with Gasteiger partial charge in [0.1, 0.15) is 17.5 Å². The average Bonchev–Trinajstić information content (AvgIpc) is 3.16. The molecule has 3 rings (SSSR count). The Balaban J connectivity index is 1.83. The Hall–Kier alpha value is -2.65. The molecule has 1 spiro atoms. The van der Waals surface area contributed by atoms with Gasteiger partial charge >= 0.3 is 0 Å². The molecule has 1 aromatic rings. The van der Waals surface area contributed by atoms with E-state index in [1.54, 1.807) is 36.3 Å². The van der Waals surface area contributed by atoms with Crippen LogP contribution in [0.5, 0.6) is 5.75 Å². The van der Waals surface area contributed by atoms with Crippen LogP contribution in [0.15, 0.2) is 24.3 Å². The van der Waals surface area contributed by atoms with Gasteiger partial charge in [-0.15, -0.1) is 0 Å². The van der Waals surface area contributed by atoms with Crippen molar-refractivity contribution in [2.24, 2.45) is 5.41 Å². The van der Waals surface area contributed by atoms with Crippen LogP contribution in [-0.4, -0.2) is 98.2 Å². The van der Waals surface area contributed by atoms with Crippen molar-refractivity contribution in [3.8, 4) is 5.75 Å². The standard InChI is InChI=1S/C26H40N4O5/c1-25(2,3)17-22(31)29-13-10-26(11-14-29)30(24(33)19-8-7-9-20(16-19)34-6)21(18-35-26)23(32)27-12-15-28(4)5/h7-9,16,21H,10-15,17-18H2,1-6H3,(H,27,32)/t21-/m1/s1. The number of methoxy groups -OCH3 is 1. The van der Waals surface area contributed by atoms with Gasteiger partial charge in [-0.2, -0.15) is 0 Å². The summed E-state index contributed by atoms with van der Waals surface area (Å²) in [7, 11) is 5.43. The number of likely N-dealkylation sites (tertiary alicyclic amines) is 1. The topological polar surface area (TPSA) is 91.4 Å². The lowest BCUT2D eigenvalue weighted by Crippen LogP contribution is -2.60. The number of nitrogens with zero attached hydrogens (tertiary/aromatic N) is 3. The average molecular weight is 489 g/mol. The SMILES string of the molecule is COc1cccc(C(=O)N2[C@@H](C(=O)NCCN(C)C)COC23CCN(C(=O)CC(C)(C)C)CC3)c1. The van der Waals surface area contributed by atoms with Crippen molar-refractivity contribution in [3.05, 3.63) is 29.8 Å². The molecule has 0 radical (unpaired) electrons. The number of piperidine rings is 1. The van der Waals surface area contributed by atoms with Gasteiger partial charge in [-0.3, -0.25) is 19.3 Å². The summed E-state index contributed by atoms with van der Waals surface area (Å²) >= 11 is 0. The monoisotopic (exact) mass is 488 g/mol. The number of hydrogen-bond acceptors (Lipinski definition) is 6. The van der Waals surface area contributed by atoms with Crippen LogP contribution in [-0.2, 0) is 14.3 Å². The number of carbonyl (C=O) groups excluding carboxylic acids is 3. The first-order valence-corrected chi connectivity index (χ1v) is 12.3. The number of amides is 3. The first kappa shape index (κ1) is 26.9. The Morgan fingerprint density at radius 3 is 2.49 bits per heavy atom. The summed E-state index contributed by atoms with van der Waals surface area (Å²) in [5, 5.41) is 2.95. The van der Waals surface area contributed by atoms with Crippen LogP contribution in [0.1, 0.15) is 50.4 Å². The van der Waals surface area contributed by atoms with Crippen molar-refractivity contribution in [3.63, 3.8) is 0 Å². The molecule has 1 aromatic carbocycles. The zero-order valence-corrected chi connectivity index (χ0v) is 21.9. The minimum Gasteiger partial charge on any atom is -0.497 e. The molecular formula is C26H40N4O5. The van der Waals surface area contributed by atoms with Crippen molar-refractivity contribution < 1.29 is 23.9 Å². The molecule has 0 unspecified atom stereocenters. The first-order valence-electron chi connectivity index (χ1n) is 12.3. The molecule has 0 saturated carbocycles. The van der Waals surface area contributed by atoms with Gasteiger partial charge in [0.05, 0.1) is 13.7 Å². The molecule has 0 aromatic heterocycles. The predicted molar refractivity (Wildman–Crippen MR) is 133 cm³/mol.